The molecule has 2 aromatic rings. The molecule has 0 radical (unpaired) electrons. The van der Waals surface area contributed by atoms with Crippen LogP contribution < -0.4 is 0 Å². The second-order valence-electron chi connectivity index (χ2n) is 5.45. The molecule has 0 saturated heterocycles. The van der Waals surface area contributed by atoms with Gasteiger partial charge in [0.1, 0.15) is 11.5 Å². The van der Waals surface area contributed by atoms with E-state index in [9.17, 15) is 9.59 Å². The molecule has 0 amide bonds. The Balaban J connectivity index is 0.000000260. The maximum atomic E-state index is 10.3. The zero-order valence-electron chi connectivity index (χ0n) is 13.7. The van der Waals surface area contributed by atoms with Crippen molar-refractivity contribution >= 4 is 11.9 Å². The molecule has 0 fully saturated rings. The van der Waals surface area contributed by atoms with Gasteiger partial charge in [0, 0.05) is 12.8 Å². The molecular weight excluding hydrogens is 344 g/mol. The second kappa shape index (κ2) is 10.0. The number of phenolic OH excluding ortho intramolecular Hbond substituents is 2. The Labute approximate surface area is 149 Å². The minimum absolute atomic E-state index is 0.0512. The van der Waals surface area contributed by atoms with Gasteiger partial charge in [-0.25, -0.2) is 9.59 Å². The molecule has 2 rings (SSSR count). The van der Waals surface area contributed by atoms with E-state index in [0.717, 1.165) is 0 Å². The van der Waals surface area contributed by atoms with Crippen molar-refractivity contribution in [2.75, 3.05) is 0 Å². The van der Waals surface area contributed by atoms with Crippen LogP contribution in [0.2, 0.25) is 0 Å². The molecule has 0 bridgehead atoms. The molecule has 8 nitrogen and oxygen atoms in total. The van der Waals surface area contributed by atoms with Crippen LogP contribution in [0.25, 0.3) is 0 Å². The lowest BCUT2D eigenvalue weighted by Gasteiger charge is -2.04. The fraction of sp³-hybridized carbons (Fsp3) is 0.222. The molecule has 8 heteroatoms. The Hall–Kier alpha value is -3.10. The molecule has 0 aliphatic carbocycles. The van der Waals surface area contributed by atoms with Gasteiger partial charge in [-0.05, 0) is 35.4 Å². The van der Waals surface area contributed by atoms with Crippen LogP contribution in [0.5, 0.6) is 11.5 Å². The summed E-state index contributed by atoms with van der Waals surface area (Å²) in [5.74, 6) is -2.25. The normalized spacial score (nSPS) is 12.4. The predicted octanol–water partition coefficient (Wildman–Crippen LogP) is 0.760. The Bertz CT molecular complexity index is 645. The van der Waals surface area contributed by atoms with Gasteiger partial charge >= 0.3 is 11.9 Å². The van der Waals surface area contributed by atoms with Crippen LogP contribution in [0.4, 0.5) is 0 Å². The van der Waals surface area contributed by atoms with Crippen molar-refractivity contribution in [3.63, 3.8) is 0 Å². The molecule has 26 heavy (non-hydrogen) atoms. The summed E-state index contributed by atoms with van der Waals surface area (Å²) in [6.45, 7) is 0. The lowest BCUT2D eigenvalue weighted by molar-refractivity contribution is -0.147. The summed E-state index contributed by atoms with van der Waals surface area (Å²) in [5, 5.41) is 52.6. The number of aromatic hydroxyl groups is 2. The predicted molar refractivity (Wildman–Crippen MR) is 90.9 cm³/mol. The molecule has 0 aliphatic heterocycles. The number of hydrogen-bond donors (Lipinski definition) is 6. The van der Waals surface area contributed by atoms with Crippen LogP contribution in [0.1, 0.15) is 11.1 Å². The van der Waals surface area contributed by atoms with Crippen LogP contribution in [-0.2, 0) is 22.4 Å². The fourth-order valence-corrected chi connectivity index (χ4v) is 1.89. The third-order valence-corrected chi connectivity index (χ3v) is 3.30. The second-order valence-corrected chi connectivity index (χ2v) is 5.45. The van der Waals surface area contributed by atoms with Crippen LogP contribution >= 0.6 is 0 Å². The summed E-state index contributed by atoms with van der Waals surface area (Å²) in [6.07, 6.45) is -2.67. The highest BCUT2D eigenvalue weighted by Gasteiger charge is 2.13. The van der Waals surface area contributed by atoms with Crippen LogP contribution in [0, 0.1) is 0 Å². The smallest absolute Gasteiger partial charge is 0.332 e. The average Bonchev–Trinajstić information content (AvgIpc) is 2.59. The van der Waals surface area contributed by atoms with E-state index in [1.165, 1.54) is 24.3 Å². The Kier molecular flexibility index (Phi) is 8.07. The summed E-state index contributed by atoms with van der Waals surface area (Å²) in [7, 11) is 0. The van der Waals surface area contributed by atoms with Crippen molar-refractivity contribution in [2.45, 2.75) is 25.0 Å². The van der Waals surface area contributed by atoms with Crippen molar-refractivity contribution in [3.8, 4) is 11.5 Å². The Morgan fingerprint density at radius 3 is 1.15 bits per heavy atom. The molecule has 0 spiro atoms. The first kappa shape index (κ1) is 20.9. The molecule has 0 saturated carbocycles. The first-order valence-electron chi connectivity index (χ1n) is 7.56. The Morgan fingerprint density at radius 1 is 0.654 bits per heavy atom. The van der Waals surface area contributed by atoms with Gasteiger partial charge in [-0.2, -0.15) is 0 Å². The van der Waals surface area contributed by atoms with E-state index in [-0.39, 0.29) is 24.3 Å². The van der Waals surface area contributed by atoms with Crippen LogP contribution in [-0.4, -0.2) is 54.8 Å². The zero-order valence-corrected chi connectivity index (χ0v) is 13.7. The maximum absolute atomic E-state index is 10.3. The average molecular weight is 364 g/mol. The molecule has 2 aromatic carbocycles. The third-order valence-electron chi connectivity index (χ3n) is 3.30. The van der Waals surface area contributed by atoms with Crippen LogP contribution in [0.3, 0.4) is 0 Å². The summed E-state index contributed by atoms with van der Waals surface area (Å²) in [6, 6.07) is 12.1. The van der Waals surface area contributed by atoms with Gasteiger partial charge in [0.15, 0.2) is 12.2 Å². The Morgan fingerprint density at radius 2 is 0.923 bits per heavy atom. The van der Waals surface area contributed by atoms with Gasteiger partial charge in [-0.1, -0.05) is 24.3 Å². The van der Waals surface area contributed by atoms with Gasteiger partial charge in [0.2, 0.25) is 0 Å². The van der Waals surface area contributed by atoms with Gasteiger partial charge in [0.05, 0.1) is 0 Å². The van der Waals surface area contributed by atoms with E-state index in [0.29, 0.717) is 11.1 Å². The fourth-order valence-electron chi connectivity index (χ4n) is 1.89. The highest BCUT2D eigenvalue weighted by Crippen LogP contribution is 2.12. The number of aliphatic carboxylic acids is 2. The van der Waals surface area contributed by atoms with Gasteiger partial charge < -0.3 is 30.6 Å². The van der Waals surface area contributed by atoms with E-state index < -0.39 is 24.1 Å². The summed E-state index contributed by atoms with van der Waals surface area (Å²) in [4.78, 5) is 20.5. The molecule has 0 aromatic heterocycles. The lowest BCUT2D eigenvalue weighted by atomic mass is 10.1. The molecule has 140 valence electrons. The van der Waals surface area contributed by atoms with Gasteiger partial charge in [-0.3, -0.25) is 0 Å². The first-order valence-corrected chi connectivity index (χ1v) is 7.56. The number of aliphatic hydroxyl groups is 2. The van der Waals surface area contributed by atoms with Gasteiger partial charge in [-0.15, -0.1) is 0 Å². The molecule has 2 unspecified atom stereocenters. The van der Waals surface area contributed by atoms with E-state index in [1.807, 2.05) is 0 Å². The monoisotopic (exact) mass is 364 g/mol. The van der Waals surface area contributed by atoms with Crippen molar-refractivity contribution in [1.29, 1.82) is 0 Å². The summed E-state index contributed by atoms with van der Waals surface area (Å²) < 4.78 is 0. The van der Waals surface area contributed by atoms with E-state index in [1.54, 1.807) is 24.3 Å². The SMILES string of the molecule is O=C(O)C(O)Cc1ccc(O)cc1.O=C(O)C(O)Cc1ccc(O)cc1. The number of hydrogen-bond acceptors (Lipinski definition) is 6. The van der Waals surface area contributed by atoms with Gasteiger partial charge in [0.25, 0.3) is 0 Å². The maximum Gasteiger partial charge on any atom is 0.332 e. The molecule has 0 heterocycles. The summed E-state index contributed by atoms with van der Waals surface area (Å²) >= 11 is 0. The quantitative estimate of drug-likeness (QED) is 0.439. The van der Waals surface area contributed by atoms with Crippen molar-refractivity contribution in [1.82, 2.24) is 0 Å². The number of carbonyl (C=O) groups is 2. The standard InChI is InChI=1S/2C9H10O4/c2*10-7-3-1-6(2-4-7)5-8(11)9(12)13/h2*1-4,8,10-11H,5H2,(H,12,13). The largest absolute Gasteiger partial charge is 0.508 e. The number of carboxylic acids is 2. The van der Waals surface area contributed by atoms with Crippen molar-refractivity contribution in [3.05, 3.63) is 59.7 Å². The van der Waals surface area contributed by atoms with Crippen molar-refractivity contribution in [2.24, 2.45) is 0 Å². The molecular formula is C18H20O8. The van der Waals surface area contributed by atoms with E-state index in [4.69, 9.17) is 30.6 Å². The number of phenols is 2. The molecule has 6 N–H and O–H groups in total. The minimum atomic E-state index is -1.38. The number of benzene rings is 2. The van der Waals surface area contributed by atoms with E-state index in [2.05, 4.69) is 0 Å². The number of rotatable bonds is 6. The van der Waals surface area contributed by atoms with Crippen LogP contribution in [0.15, 0.2) is 48.5 Å². The lowest BCUT2D eigenvalue weighted by Crippen LogP contribution is -2.21. The highest BCUT2D eigenvalue weighted by atomic mass is 16.4. The van der Waals surface area contributed by atoms with Crippen molar-refractivity contribution < 1.29 is 40.2 Å². The summed E-state index contributed by atoms with van der Waals surface area (Å²) in [5.41, 5.74) is 1.35. The van der Waals surface area contributed by atoms with E-state index >= 15 is 0 Å². The molecule has 0 aliphatic rings. The molecule has 2 atom stereocenters. The first-order chi connectivity index (χ1) is 12.2. The number of carboxylic acid groups (broad SMARTS) is 2. The third kappa shape index (κ3) is 7.65. The topological polar surface area (TPSA) is 156 Å². The minimum Gasteiger partial charge on any atom is -0.508 e. The zero-order chi connectivity index (χ0) is 19.7. The number of aliphatic hydroxyl groups excluding tert-OH is 2. The highest BCUT2D eigenvalue weighted by molar-refractivity contribution is 5.72.